The molecule has 0 atom stereocenters. The van der Waals surface area contributed by atoms with Gasteiger partial charge in [0.15, 0.2) is 0 Å². The molecule has 0 unspecified atom stereocenters. The van der Waals surface area contributed by atoms with Crippen molar-refractivity contribution in [2.75, 3.05) is 39.1 Å². The van der Waals surface area contributed by atoms with Gasteiger partial charge < -0.3 is 9.80 Å². The Labute approximate surface area is 110 Å². The summed E-state index contributed by atoms with van der Waals surface area (Å²) in [5, 5.41) is 0. The highest BCUT2D eigenvalue weighted by Crippen LogP contribution is 2.21. The average Bonchev–Trinajstić information content (AvgIpc) is 2.28. The number of halogens is 1. The first-order valence-corrected chi connectivity index (χ1v) is 6.59. The van der Waals surface area contributed by atoms with Gasteiger partial charge in [-0.3, -0.25) is 0 Å². The predicted molar refractivity (Wildman–Crippen MR) is 77.2 cm³/mol. The molecular formula is C14H23ClN2. The van der Waals surface area contributed by atoms with Crippen LogP contribution >= 0.6 is 11.6 Å². The van der Waals surface area contributed by atoms with Gasteiger partial charge in [-0.1, -0.05) is 12.1 Å². The molecule has 17 heavy (non-hydrogen) atoms. The van der Waals surface area contributed by atoms with Gasteiger partial charge in [-0.05, 0) is 51.2 Å². The zero-order valence-corrected chi connectivity index (χ0v) is 12.1. The molecular weight excluding hydrogens is 232 g/mol. The highest BCUT2D eigenvalue weighted by Gasteiger charge is 2.05. The second-order valence-corrected chi connectivity index (χ2v) is 5.10. The molecule has 2 nitrogen and oxygen atoms in total. The molecule has 0 radical (unpaired) electrons. The Kier molecular flexibility index (Phi) is 5.79. The summed E-state index contributed by atoms with van der Waals surface area (Å²) in [4.78, 5) is 4.54. The average molecular weight is 255 g/mol. The van der Waals surface area contributed by atoms with Crippen LogP contribution in [0.25, 0.3) is 0 Å². The van der Waals surface area contributed by atoms with E-state index in [-0.39, 0.29) is 0 Å². The molecule has 96 valence electrons. The third-order valence-corrected chi connectivity index (χ3v) is 3.23. The van der Waals surface area contributed by atoms with Crippen LogP contribution in [0.1, 0.15) is 17.5 Å². The Morgan fingerprint density at radius 2 is 1.82 bits per heavy atom. The molecule has 0 saturated heterocycles. The molecule has 0 aromatic heterocycles. The summed E-state index contributed by atoms with van der Waals surface area (Å²) in [6.45, 7) is 4.36. The molecule has 0 aliphatic heterocycles. The summed E-state index contributed by atoms with van der Waals surface area (Å²) in [7, 11) is 6.37. The first kappa shape index (κ1) is 14.3. The number of anilines is 1. The molecule has 0 fully saturated rings. The van der Waals surface area contributed by atoms with Crippen molar-refractivity contribution in [2.45, 2.75) is 19.2 Å². The molecule has 1 aromatic rings. The molecule has 0 amide bonds. The van der Waals surface area contributed by atoms with Crippen LogP contribution in [0.5, 0.6) is 0 Å². The van der Waals surface area contributed by atoms with Crippen molar-refractivity contribution in [1.82, 2.24) is 4.90 Å². The van der Waals surface area contributed by atoms with E-state index >= 15 is 0 Å². The number of hydrogen-bond acceptors (Lipinski definition) is 2. The van der Waals surface area contributed by atoms with E-state index < -0.39 is 0 Å². The minimum Gasteiger partial charge on any atom is -0.374 e. The maximum atomic E-state index is 5.83. The zero-order valence-electron chi connectivity index (χ0n) is 11.3. The van der Waals surface area contributed by atoms with Gasteiger partial charge in [-0.2, -0.15) is 0 Å². The minimum absolute atomic E-state index is 0.589. The van der Waals surface area contributed by atoms with Crippen LogP contribution < -0.4 is 4.90 Å². The zero-order chi connectivity index (χ0) is 12.8. The Morgan fingerprint density at radius 3 is 2.35 bits per heavy atom. The molecule has 0 spiro atoms. The molecule has 0 aliphatic carbocycles. The number of aryl methyl sites for hydroxylation is 1. The van der Waals surface area contributed by atoms with Crippen LogP contribution in [0, 0.1) is 6.92 Å². The Bertz CT molecular complexity index is 350. The van der Waals surface area contributed by atoms with Crippen LogP contribution in [0.4, 0.5) is 5.69 Å². The van der Waals surface area contributed by atoms with Crippen LogP contribution in [-0.4, -0.2) is 39.1 Å². The summed E-state index contributed by atoms with van der Waals surface area (Å²) in [5.41, 5.74) is 3.79. The lowest BCUT2D eigenvalue weighted by Crippen LogP contribution is -2.23. The summed E-state index contributed by atoms with van der Waals surface area (Å²) >= 11 is 5.83. The van der Waals surface area contributed by atoms with Crippen LogP contribution in [0.3, 0.4) is 0 Å². The first-order chi connectivity index (χ1) is 8.04. The molecule has 0 aliphatic rings. The summed E-state index contributed by atoms with van der Waals surface area (Å²) < 4.78 is 0. The van der Waals surface area contributed by atoms with E-state index in [0.717, 1.165) is 13.1 Å². The number of alkyl halides is 1. The predicted octanol–water partition coefficient (Wildman–Crippen LogP) is 3.12. The Hall–Kier alpha value is -0.730. The maximum Gasteiger partial charge on any atom is 0.0474 e. The Morgan fingerprint density at radius 1 is 1.12 bits per heavy atom. The van der Waals surface area contributed by atoms with E-state index in [1.807, 2.05) is 0 Å². The molecule has 0 bridgehead atoms. The largest absolute Gasteiger partial charge is 0.374 e. The lowest BCUT2D eigenvalue weighted by molar-refractivity contribution is 0.401. The fourth-order valence-electron chi connectivity index (χ4n) is 1.97. The van der Waals surface area contributed by atoms with Crippen molar-refractivity contribution in [3.63, 3.8) is 0 Å². The van der Waals surface area contributed by atoms with Crippen molar-refractivity contribution in [2.24, 2.45) is 0 Å². The van der Waals surface area contributed by atoms with E-state index in [1.54, 1.807) is 0 Å². The van der Waals surface area contributed by atoms with Gasteiger partial charge in [0.25, 0.3) is 0 Å². The van der Waals surface area contributed by atoms with Crippen molar-refractivity contribution in [3.05, 3.63) is 29.3 Å². The lowest BCUT2D eigenvalue weighted by atomic mass is 10.1. The summed E-state index contributed by atoms with van der Waals surface area (Å²) in [5.74, 6) is 0.589. The third-order valence-electron chi connectivity index (χ3n) is 2.93. The fourth-order valence-corrected chi connectivity index (χ4v) is 2.14. The highest BCUT2D eigenvalue weighted by atomic mass is 35.5. The van der Waals surface area contributed by atoms with Gasteiger partial charge in [0.05, 0.1) is 0 Å². The van der Waals surface area contributed by atoms with Crippen LogP contribution in [0.2, 0.25) is 0 Å². The minimum atomic E-state index is 0.589. The van der Waals surface area contributed by atoms with Gasteiger partial charge in [0, 0.05) is 25.2 Å². The lowest BCUT2D eigenvalue weighted by Gasteiger charge is -2.22. The number of nitrogens with zero attached hydrogens (tertiary/aromatic N) is 2. The Balaban J connectivity index is 2.59. The molecule has 1 rings (SSSR count). The molecule has 0 saturated carbocycles. The van der Waals surface area contributed by atoms with Gasteiger partial charge in [-0.25, -0.2) is 0 Å². The maximum absolute atomic E-state index is 5.83. The van der Waals surface area contributed by atoms with Gasteiger partial charge in [0.1, 0.15) is 0 Å². The summed E-state index contributed by atoms with van der Waals surface area (Å²) in [6.07, 6.45) is 1.18. The highest BCUT2D eigenvalue weighted by molar-refractivity contribution is 6.17. The molecule has 0 heterocycles. The van der Waals surface area contributed by atoms with E-state index in [9.17, 15) is 0 Å². The second kappa shape index (κ2) is 6.87. The van der Waals surface area contributed by atoms with Crippen molar-refractivity contribution in [3.8, 4) is 0 Å². The molecule has 1 aromatic carbocycles. The number of benzene rings is 1. The van der Waals surface area contributed by atoms with Crippen molar-refractivity contribution in [1.29, 1.82) is 0 Å². The van der Waals surface area contributed by atoms with Crippen LogP contribution in [-0.2, 0) is 5.88 Å². The third kappa shape index (κ3) is 4.57. The van der Waals surface area contributed by atoms with Gasteiger partial charge >= 0.3 is 0 Å². The van der Waals surface area contributed by atoms with Crippen LogP contribution in [0.15, 0.2) is 18.2 Å². The number of rotatable bonds is 6. The topological polar surface area (TPSA) is 6.48 Å². The quantitative estimate of drug-likeness (QED) is 0.720. The van der Waals surface area contributed by atoms with E-state index in [4.69, 9.17) is 11.6 Å². The normalized spacial score (nSPS) is 10.9. The van der Waals surface area contributed by atoms with E-state index in [0.29, 0.717) is 5.88 Å². The van der Waals surface area contributed by atoms with Gasteiger partial charge in [-0.15, -0.1) is 11.6 Å². The first-order valence-electron chi connectivity index (χ1n) is 6.06. The number of hydrogen-bond donors (Lipinski definition) is 0. The van der Waals surface area contributed by atoms with Crippen molar-refractivity contribution >= 4 is 17.3 Å². The smallest absolute Gasteiger partial charge is 0.0474 e. The second-order valence-electron chi connectivity index (χ2n) is 4.83. The molecule has 0 N–H and O–H groups in total. The SMILES string of the molecule is Cc1cc(CCl)ccc1N(C)CCCN(C)C. The molecule has 3 heteroatoms. The van der Waals surface area contributed by atoms with E-state index in [1.165, 1.54) is 23.2 Å². The van der Waals surface area contributed by atoms with Crippen molar-refractivity contribution < 1.29 is 0 Å². The summed E-state index contributed by atoms with van der Waals surface area (Å²) in [6, 6.07) is 6.45. The fraction of sp³-hybridized carbons (Fsp3) is 0.571. The van der Waals surface area contributed by atoms with E-state index in [2.05, 4.69) is 56.1 Å². The standard InChI is InChI=1S/C14H23ClN2/c1-12-10-13(11-15)6-7-14(12)17(4)9-5-8-16(2)3/h6-7,10H,5,8-9,11H2,1-4H3. The van der Waals surface area contributed by atoms with Gasteiger partial charge in [0.2, 0.25) is 0 Å². The monoisotopic (exact) mass is 254 g/mol.